The van der Waals surface area contributed by atoms with E-state index in [9.17, 15) is 14.9 Å². The van der Waals surface area contributed by atoms with Crippen molar-refractivity contribution in [2.45, 2.75) is 5.16 Å². The first kappa shape index (κ1) is 20.1. The Morgan fingerprint density at radius 2 is 1.96 bits per heavy atom. The van der Waals surface area contributed by atoms with E-state index in [4.69, 9.17) is 23.2 Å². The highest BCUT2D eigenvalue weighted by molar-refractivity contribution is 7.99. The Balaban J connectivity index is 1.68. The van der Waals surface area contributed by atoms with Gasteiger partial charge in [0.05, 0.1) is 26.4 Å². The van der Waals surface area contributed by atoms with Gasteiger partial charge < -0.3 is 9.88 Å². The Hall–Kier alpha value is -2.62. The first-order valence-electron chi connectivity index (χ1n) is 7.87. The minimum absolute atomic E-state index is 0.0213. The Bertz CT molecular complexity index is 1060. The van der Waals surface area contributed by atoms with Crippen LogP contribution < -0.4 is 5.32 Å². The fourth-order valence-electron chi connectivity index (χ4n) is 2.36. The number of hydrogen-bond donors (Lipinski definition) is 1. The van der Waals surface area contributed by atoms with Crippen LogP contribution in [-0.4, -0.2) is 31.3 Å². The van der Waals surface area contributed by atoms with Crippen molar-refractivity contribution in [3.05, 3.63) is 62.6 Å². The van der Waals surface area contributed by atoms with E-state index in [1.165, 1.54) is 30.0 Å². The topological polar surface area (TPSA) is 103 Å². The second-order valence-corrected chi connectivity index (χ2v) is 7.36. The summed E-state index contributed by atoms with van der Waals surface area (Å²) in [4.78, 5) is 22.5. The molecule has 2 aromatic carbocycles. The number of non-ortho nitro benzene ring substituents is 1. The molecule has 0 fully saturated rings. The third-order valence-electron chi connectivity index (χ3n) is 3.72. The molecule has 11 heteroatoms. The van der Waals surface area contributed by atoms with Gasteiger partial charge in [-0.2, -0.15) is 0 Å². The molecule has 0 aliphatic rings. The van der Waals surface area contributed by atoms with Gasteiger partial charge in [-0.25, -0.2) is 0 Å². The third kappa shape index (κ3) is 4.44. The van der Waals surface area contributed by atoms with Crippen molar-refractivity contribution in [3.8, 4) is 11.4 Å². The van der Waals surface area contributed by atoms with Gasteiger partial charge >= 0.3 is 0 Å². The molecule has 1 heterocycles. The maximum Gasteiger partial charge on any atom is 0.271 e. The molecule has 0 bridgehead atoms. The molecule has 0 atom stereocenters. The highest BCUT2D eigenvalue weighted by atomic mass is 35.5. The number of amides is 1. The van der Waals surface area contributed by atoms with Crippen LogP contribution in [0.1, 0.15) is 0 Å². The summed E-state index contributed by atoms with van der Waals surface area (Å²) in [7, 11) is 1.77. The summed E-state index contributed by atoms with van der Waals surface area (Å²) in [6.45, 7) is 0. The van der Waals surface area contributed by atoms with Gasteiger partial charge in [-0.15, -0.1) is 10.2 Å². The van der Waals surface area contributed by atoms with Gasteiger partial charge in [-0.1, -0.05) is 47.1 Å². The van der Waals surface area contributed by atoms with Gasteiger partial charge in [-0.05, 0) is 18.2 Å². The van der Waals surface area contributed by atoms with Crippen molar-refractivity contribution in [2.24, 2.45) is 7.05 Å². The van der Waals surface area contributed by atoms with Crippen LogP contribution in [0.15, 0.2) is 47.6 Å². The molecular weight excluding hydrogens is 425 g/mol. The number of benzene rings is 2. The predicted octanol–water partition coefficient (Wildman–Crippen LogP) is 4.43. The summed E-state index contributed by atoms with van der Waals surface area (Å²) in [5, 5.41) is 22.9. The van der Waals surface area contributed by atoms with Crippen molar-refractivity contribution >= 4 is 52.2 Å². The molecule has 0 unspecified atom stereocenters. The molecule has 144 valence electrons. The number of rotatable bonds is 6. The minimum atomic E-state index is -0.559. The van der Waals surface area contributed by atoms with Gasteiger partial charge in [0.2, 0.25) is 5.91 Å². The summed E-state index contributed by atoms with van der Waals surface area (Å²) in [5.41, 5.74) is 0.750. The maximum atomic E-state index is 12.2. The molecule has 0 saturated heterocycles. The van der Waals surface area contributed by atoms with E-state index in [-0.39, 0.29) is 28.1 Å². The average Bonchev–Trinajstić information content (AvgIpc) is 3.02. The molecule has 0 aliphatic heterocycles. The maximum absolute atomic E-state index is 12.2. The van der Waals surface area contributed by atoms with Gasteiger partial charge in [0.25, 0.3) is 5.69 Å². The monoisotopic (exact) mass is 437 g/mol. The summed E-state index contributed by atoms with van der Waals surface area (Å²) >= 11 is 13.4. The largest absolute Gasteiger partial charge is 0.324 e. The van der Waals surface area contributed by atoms with E-state index in [2.05, 4.69) is 15.5 Å². The molecule has 28 heavy (non-hydrogen) atoms. The van der Waals surface area contributed by atoms with Gasteiger partial charge in [-0.3, -0.25) is 14.9 Å². The molecule has 1 aromatic heterocycles. The lowest BCUT2D eigenvalue weighted by Crippen LogP contribution is -2.15. The van der Waals surface area contributed by atoms with Crippen molar-refractivity contribution in [1.29, 1.82) is 0 Å². The standard InChI is InChI=1S/C17H13Cl2N5O3S/c1-23-16(11-4-2-3-5-12(11)18)21-22-17(23)28-9-15(25)20-14-8-10(24(26)27)6-7-13(14)19/h2-8H,9H2,1H3,(H,20,25). The van der Waals surface area contributed by atoms with Crippen LogP contribution in [0.5, 0.6) is 0 Å². The molecule has 3 rings (SSSR count). The molecule has 1 amide bonds. The summed E-state index contributed by atoms with van der Waals surface area (Å²) in [6, 6.07) is 11.1. The van der Waals surface area contributed by atoms with Crippen LogP contribution in [0.4, 0.5) is 11.4 Å². The zero-order valence-electron chi connectivity index (χ0n) is 14.4. The van der Waals surface area contributed by atoms with E-state index in [1.54, 1.807) is 17.7 Å². The van der Waals surface area contributed by atoms with E-state index in [0.717, 1.165) is 5.56 Å². The molecule has 8 nitrogen and oxygen atoms in total. The van der Waals surface area contributed by atoms with Gasteiger partial charge in [0, 0.05) is 24.7 Å². The smallest absolute Gasteiger partial charge is 0.271 e. The lowest BCUT2D eigenvalue weighted by atomic mass is 10.2. The molecule has 0 saturated carbocycles. The minimum Gasteiger partial charge on any atom is -0.324 e. The van der Waals surface area contributed by atoms with Crippen molar-refractivity contribution in [1.82, 2.24) is 14.8 Å². The number of carbonyl (C=O) groups excluding carboxylic acids is 1. The van der Waals surface area contributed by atoms with Crippen LogP contribution in [0.25, 0.3) is 11.4 Å². The van der Waals surface area contributed by atoms with Gasteiger partial charge in [0.15, 0.2) is 11.0 Å². The molecule has 0 aliphatic carbocycles. The van der Waals surface area contributed by atoms with E-state index in [1.807, 2.05) is 18.2 Å². The lowest BCUT2D eigenvalue weighted by molar-refractivity contribution is -0.384. The SMILES string of the molecule is Cn1c(SCC(=O)Nc2cc([N+](=O)[O-])ccc2Cl)nnc1-c1ccccc1Cl. The fourth-order valence-corrected chi connectivity index (χ4v) is 3.45. The lowest BCUT2D eigenvalue weighted by Gasteiger charge is -2.07. The first-order chi connectivity index (χ1) is 13.4. The molecule has 3 aromatic rings. The Morgan fingerprint density at radius 1 is 1.21 bits per heavy atom. The van der Waals surface area contributed by atoms with Crippen LogP contribution >= 0.6 is 35.0 Å². The molecular formula is C17H13Cl2N5O3S. The molecule has 0 radical (unpaired) electrons. The number of nitro benzene ring substituents is 1. The number of carbonyl (C=O) groups is 1. The fraction of sp³-hybridized carbons (Fsp3) is 0.118. The summed E-state index contributed by atoms with van der Waals surface area (Å²) in [5.74, 6) is 0.220. The molecule has 1 N–H and O–H groups in total. The number of halogens is 2. The number of anilines is 1. The highest BCUT2D eigenvalue weighted by Gasteiger charge is 2.16. The predicted molar refractivity (Wildman–Crippen MR) is 109 cm³/mol. The Kier molecular flexibility index (Phi) is 6.18. The summed E-state index contributed by atoms with van der Waals surface area (Å²) in [6.07, 6.45) is 0. The second-order valence-electron chi connectivity index (χ2n) is 5.60. The quantitative estimate of drug-likeness (QED) is 0.347. The Labute approximate surface area is 174 Å². The van der Waals surface area contributed by atoms with Crippen LogP contribution in [0, 0.1) is 10.1 Å². The zero-order valence-corrected chi connectivity index (χ0v) is 16.8. The number of thioether (sulfide) groups is 1. The van der Waals surface area contributed by atoms with E-state index in [0.29, 0.717) is 16.0 Å². The first-order valence-corrected chi connectivity index (χ1v) is 9.62. The summed E-state index contributed by atoms with van der Waals surface area (Å²) < 4.78 is 1.74. The number of nitrogens with one attached hydrogen (secondary N) is 1. The average molecular weight is 438 g/mol. The number of nitrogens with zero attached hydrogens (tertiary/aromatic N) is 4. The Morgan fingerprint density at radius 3 is 2.68 bits per heavy atom. The molecule has 0 spiro atoms. The van der Waals surface area contributed by atoms with Crippen LogP contribution in [0.3, 0.4) is 0 Å². The zero-order chi connectivity index (χ0) is 20.3. The number of hydrogen-bond acceptors (Lipinski definition) is 6. The van der Waals surface area contributed by atoms with Gasteiger partial charge in [0.1, 0.15) is 0 Å². The second kappa shape index (κ2) is 8.59. The van der Waals surface area contributed by atoms with Crippen LogP contribution in [-0.2, 0) is 11.8 Å². The van der Waals surface area contributed by atoms with Crippen molar-refractivity contribution in [3.63, 3.8) is 0 Å². The van der Waals surface area contributed by atoms with E-state index >= 15 is 0 Å². The number of nitro groups is 1. The van der Waals surface area contributed by atoms with E-state index < -0.39 is 4.92 Å². The highest BCUT2D eigenvalue weighted by Crippen LogP contribution is 2.29. The third-order valence-corrected chi connectivity index (χ3v) is 5.40. The van der Waals surface area contributed by atoms with Crippen molar-refractivity contribution in [2.75, 3.05) is 11.1 Å². The van der Waals surface area contributed by atoms with Crippen LogP contribution in [0.2, 0.25) is 10.0 Å². The number of aromatic nitrogens is 3. The normalized spacial score (nSPS) is 10.7. The van der Waals surface area contributed by atoms with Crippen molar-refractivity contribution < 1.29 is 9.72 Å².